The van der Waals surface area contributed by atoms with Gasteiger partial charge in [-0.1, -0.05) is 197 Å². The van der Waals surface area contributed by atoms with Gasteiger partial charge in [0.1, 0.15) is 0 Å². The molecule has 66 heavy (non-hydrogen) atoms. The van der Waals surface area contributed by atoms with Crippen LogP contribution < -0.4 is 0 Å². The summed E-state index contributed by atoms with van der Waals surface area (Å²) in [6.07, 6.45) is 0. The van der Waals surface area contributed by atoms with Crippen molar-refractivity contribution < 1.29 is 0 Å². The van der Waals surface area contributed by atoms with Crippen molar-refractivity contribution in [3.05, 3.63) is 218 Å². The van der Waals surface area contributed by atoms with Crippen molar-refractivity contribution in [3.63, 3.8) is 0 Å². The van der Waals surface area contributed by atoms with Crippen molar-refractivity contribution in [3.8, 4) is 45.3 Å². The van der Waals surface area contributed by atoms with E-state index in [1.165, 1.54) is 65.3 Å². The zero-order valence-corrected chi connectivity index (χ0v) is 37.0. The van der Waals surface area contributed by atoms with Crippen LogP contribution in [0, 0.1) is 0 Å². The summed E-state index contributed by atoms with van der Waals surface area (Å²) in [6.45, 7) is 6.84. The Balaban J connectivity index is 1.17. The Kier molecular flexibility index (Phi) is 8.44. The predicted octanol–water partition coefficient (Wildman–Crippen LogP) is 16.4. The van der Waals surface area contributed by atoms with Crippen LogP contribution in [0.5, 0.6) is 0 Å². The van der Waals surface area contributed by atoms with Crippen LogP contribution in [0.2, 0.25) is 0 Å². The Labute approximate surface area is 382 Å². The monoisotopic (exact) mass is 844 g/mol. The summed E-state index contributed by atoms with van der Waals surface area (Å²) in [5, 5.41) is 11.9. The first kappa shape index (κ1) is 38.1. The van der Waals surface area contributed by atoms with E-state index < -0.39 is 0 Å². The molecule has 13 rings (SSSR count). The zero-order valence-electron chi connectivity index (χ0n) is 37.0. The van der Waals surface area contributed by atoms with Gasteiger partial charge in [0.2, 0.25) is 5.95 Å². The van der Waals surface area contributed by atoms with E-state index in [4.69, 9.17) is 9.97 Å². The van der Waals surface area contributed by atoms with Gasteiger partial charge in [0.15, 0.2) is 0 Å². The van der Waals surface area contributed by atoms with Crippen molar-refractivity contribution >= 4 is 75.9 Å². The molecule has 0 saturated heterocycles. The van der Waals surface area contributed by atoms with E-state index >= 15 is 0 Å². The summed E-state index contributed by atoms with van der Waals surface area (Å²) in [6, 6.07) is 77.0. The molecule has 10 aromatic carbocycles. The van der Waals surface area contributed by atoms with Gasteiger partial charge in [-0.05, 0) is 74.7 Å². The van der Waals surface area contributed by atoms with E-state index in [0.717, 1.165) is 55.6 Å². The molecule has 0 aliphatic rings. The molecule has 0 fully saturated rings. The Morgan fingerprint density at radius 3 is 1.65 bits per heavy atom. The van der Waals surface area contributed by atoms with Crippen molar-refractivity contribution in [2.75, 3.05) is 0 Å². The minimum Gasteiger partial charge on any atom is -0.308 e. The summed E-state index contributed by atoms with van der Waals surface area (Å²) in [7, 11) is 0. The van der Waals surface area contributed by atoms with Crippen LogP contribution in [0.25, 0.3) is 121 Å². The van der Waals surface area contributed by atoms with Gasteiger partial charge in [-0.15, -0.1) is 0 Å². The molecule has 0 aliphatic carbocycles. The van der Waals surface area contributed by atoms with Crippen molar-refractivity contribution in [1.82, 2.24) is 19.1 Å². The topological polar surface area (TPSA) is 35.6 Å². The van der Waals surface area contributed by atoms with Crippen molar-refractivity contribution in [2.45, 2.75) is 26.2 Å². The lowest BCUT2D eigenvalue weighted by Crippen LogP contribution is -2.10. The third-order valence-corrected chi connectivity index (χ3v) is 13.6. The number of nitrogens with zero attached hydrogens (tertiary/aromatic N) is 4. The number of hydrogen-bond acceptors (Lipinski definition) is 2. The molecule has 13 aromatic rings. The largest absolute Gasteiger partial charge is 0.308 e. The molecule has 0 radical (unpaired) electrons. The minimum atomic E-state index is 0.0327. The first-order valence-corrected chi connectivity index (χ1v) is 22.8. The Morgan fingerprint density at radius 1 is 0.348 bits per heavy atom. The Morgan fingerprint density at radius 2 is 0.909 bits per heavy atom. The molecule has 3 heterocycles. The molecule has 3 aromatic heterocycles. The summed E-state index contributed by atoms with van der Waals surface area (Å²) < 4.78 is 4.87. The molecule has 0 amide bonds. The number of aromatic nitrogens is 4. The second kappa shape index (κ2) is 14.6. The average molecular weight is 845 g/mol. The van der Waals surface area contributed by atoms with Crippen LogP contribution in [0.1, 0.15) is 26.3 Å². The van der Waals surface area contributed by atoms with E-state index in [0.29, 0.717) is 5.95 Å². The van der Waals surface area contributed by atoms with Crippen LogP contribution in [0.3, 0.4) is 0 Å². The Bertz CT molecular complexity index is 4070. The molecule has 0 saturated carbocycles. The SMILES string of the molecule is CC(C)(C)c1ccc(-n2c3c4ccccc4ccc3c3c4c5ccccc5n(-c5nc(-c6cccc(-c7ccccc7)c6)cc(-c6ccc7ccccc7c6)n5)c4c4ccccc4c32)cc1. The minimum absolute atomic E-state index is 0.0327. The van der Waals surface area contributed by atoms with Crippen molar-refractivity contribution in [2.24, 2.45) is 0 Å². The van der Waals surface area contributed by atoms with Crippen LogP contribution in [-0.4, -0.2) is 19.1 Å². The molecule has 0 bridgehead atoms. The molecule has 4 nitrogen and oxygen atoms in total. The van der Waals surface area contributed by atoms with Crippen LogP contribution in [0.4, 0.5) is 0 Å². The lowest BCUT2D eigenvalue weighted by molar-refractivity contribution is 0.590. The van der Waals surface area contributed by atoms with E-state index in [2.05, 4.69) is 242 Å². The fourth-order valence-corrected chi connectivity index (χ4v) is 10.4. The summed E-state index contributed by atoms with van der Waals surface area (Å²) >= 11 is 0. The highest BCUT2D eigenvalue weighted by Crippen LogP contribution is 2.48. The summed E-state index contributed by atoms with van der Waals surface area (Å²) in [4.78, 5) is 11.2. The van der Waals surface area contributed by atoms with E-state index in [1.54, 1.807) is 0 Å². The van der Waals surface area contributed by atoms with Gasteiger partial charge in [0.05, 0.1) is 33.5 Å². The molecular weight excluding hydrogens is 801 g/mol. The van der Waals surface area contributed by atoms with Crippen LogP contribution >= 0.6 is 0 Å². The maximum absolute atomic E-state index is 5.59. The first-order chi connectivity index (χ1) is 32.4. The third kappa shape index (κ3) is 5.92. The maximum Gasteiger partial charge on any atom is 0.235 e. The predicted molar refractivity (Wildman–Crippen MR) is 278 cm³/mol. The average Bonchev–Trinajstić information content (AvgIpc) is 3.90. The molecule has 0 spiro atoms. The quantitative estimate of drug-likeness (QED) is 0.173. The van der Waals surface area contributed by atoms with E-state index in [9.17, 15) is 0 Å². The molecule has 0 atom stereocenters. The molecule has 0 aliphatic heterocycles. The van der Waals surface area contributed by atoms with Crippen molar-refractivity contribution in [1.29, 1.82) is 0 Å². The zero-order chi connectivity index (χ0) is 44.1. The summed E-state index contributed by atoms with van der Waals surface area (Å²) in [5.41, 5.74) is 13.1. The van der Waals surface area contributed by atoms with Crippen LogP contribution in [-0.2, 0) is 5.41 Å². The van der Waals surface area contributed by atoms with Gasteiger partial charge in [0.25, 0.3) is 0 Å². The van der Waals surface area contributed by atoms with Gasteiger partial charge >= 0.3 is 0 Å². The van der Waals surface area contributed by atoms with E-state index in [1.807, 2.05) is 0 Å². The highest BCUT2D eigenvalue weighted by molar-refractivity contribution is 6.38. The highest BCUT2D eigenvalue weighted by Gasteiger charge is 2.27. The summed E-state index contributed by atoms with van der Waals surface area (Å²) in [5.74, 6) is 0.628. The lowest BCUT2D eigenvalue weighted by Gasteiger charge is -2.20. The molecular formula is C62H44N4. The highest BCUT2D eigenvalue weighted by atomic mass is 15.2. The second-order valence-electron chi connectivity index (χ2n) is 18.6. The normalized spacial score (nSPS) is 12.2. The molecule has 4 heteroatoms. The number of para-hydroxylation sites is 1. The number of benzene rings is 10. The Hall–Kier alpha value is -8.34. The number of hydrogen-bond donors (Lipinski definition) is 0. The van der Waals surface area contributed by atoms with Gasteiger partial charge in [-0.25, -0.2) is 9.97 Å². The standard InChI is InChI=1S/C62H44N4/c1-62(2,3)46-31-33-47(34-32-46)65-58-48-23-10-9-19-41(48)30-35-52(58)57-56-51-26-13-14-27-55(51)66(60(56)50-25-12-11-24-49(50)59(57)65)61-63-53(44-22-15-21-43(36-44)39-16-5-4-6-17-39)38-54(64-61)45-29-28-40-18-7-8-20-42(40)37-45/h4-38H,1-3H3. The molecule has 0 N–H and O–H groups in total. The van der Waals surface area contributed by atoms with E-state index in [-0.39, 0.29) is 5.41 Å². The third-order valence-electron chi connectivity index (χ3n) is 13.6. The fourth-order valence-electron chi connectivity index (χ4n) is 10.4. The smallest absolute Gasteiger partial charge is 0.235 e. The van der Waals surface area contributed by atoms with Gasteiger partial charge < -0.3 is 4.57 Å². The number of fused-ring (bicyclic) bond motifs is 13. The second-order valence-corrected chi connectivity index (χ2v) is 18.6. The maximum atomic E-state index is 5.59. The van der Waals surface area contributed by atoms with Gasteiger partial charge in [-0.2, -0.15) is 0 Å². The number of rotatable bonds is 5. The van der Waals surface area contributed by atoms with Gasteiger partial charge in [0, 0.05) is 54.5 Å². The first-order valence-electron chi connectivity index (χ1n) is 22.8. The molecule has 312 valence electrons. The van der Waals surface area contributed by atoms with Crippen LogP contribution in [0.15, 0.2) is 212 Å². The van der Waals surface area contributed by atoms with Gasteiger partial charge in [-0.3, -0.25) is 4.57 Å². The fraction of sp³-hybridized carbons (Fsp3) is 0.0645. The lowest BCUT2D eigenvalue weighted by atomic mass is 9.87. The molecule has 0 unspecified atom stereocenters.